The molecule has 0 fully saturated rings. The third-order valence-corrected chi connectivity index (χ3v) is 2.92. The molecule has 0 radical (unpaired) electrons. The van der Waals surface area contributed by atoms with Gasteiger partial charge < -0.3 is 15.8 Å². The number of hydrogen-bond acceptors (Lipinski definition) is 3. The molecule has 20 heavy (non-hydrogen) atoms. The molecule has 106 valence electrons. The zero-order chi connectivity index (χ0) is 14.7. The number of ether oxygens (including phenoxy) is 1. The van der Waals surface area contributed by atoms with Crippen molar-refractivity contribution >= 4 is 33.0 Å². The first kappa shape index (κ1) is 14.5. The molecule has 3 N–H and O–H groups in total. The van der Waals surface area contributed by atoms with Crippen molar-refractivity contribution in [1.82, 2.24) is 0 Å². The van der Waals surface area contributed by atoms with Crippen molar-refractivity contribution in [2.75, 3.05) is 11.1 Å². The van der Waals surface area contributed by atoms with E-state index in [4.69, 9.17) is 5.73 Å². The molecule has 0 atom stereocenters. The van der Waals surface area contributed by atoms with Crippen LogP contribution in [0.1, 0.15) is 0 Å². The fourth-order valence-electron chi connectivity index (χ4n) is 1.59. The minimum absolute atomic E-state index is 0.0871. The van der Waals surface area contributed by atoms with E-state index in [2.05, 4.69) is 26.0 Å². The first-order chi connectivity index (χ1) is 9.45. The summed E-state index contributed by atoms with van der Waals surface area (Å²) >= 11 is 3.30. The Morgan fingerprint density at radius 2 is 1.95 bits per heavy atom. The Labute approximate surface area is 121 Å². The van der Waals surface area contributed by atoms with Crippen molar-refractivity contribution in [3.05, 3.63) is 46.7 Å². The van der Waals surface area contributed by atoms with Gasteiger partial charge >= 0.3 is 6.61 Å². The van der Waals surface area contributed by atoms with Crippen LogP contribution in [0.25, 0.3) is 0 Å². The van der Waals surface area contributed by atoms with Crippen LogP contribution in [0.4, 0.5) is 30.2 Å². The zero-order valence-corrected chi connectivity index (χ0v) is 11.6. The van der Waals surface area contributed by atoms with Crippen molar-refractivity contribution in [1.29, 1.82) is 0 Å². The lowest BCUT2D eigenvalue weighted by atomic mass is 10.2. The Kier molecular flexibility index (Phi) is 4.39. The van der Waals surface area contributed by atoms with Crippen molar-refractivity contribution in [2.45, 2.75) is 6.61 Å². The van der Waals surface area contributed by atoms with E-state index in [-0.39, 0.29) is 11.4 Å². The van der Waals surface area contributed by atoms with Crippen LogP contribution in [-0.2, 0) is 0 Å². The van der Waals surface area contributed by atoms with Gasteiger partial charge in [-0.05, 0) is 18.2 Å². The van der Waals surface area contributed by atoms with Gasteiger partial charge in [0.2, 0.25) is 0 Å². The van der Waals surface area contributed by atoms with Gasteiger partial charge in [0.25, 0.3) is 0 Å². The summed E-state index contributed by atoms with van der Waals surface area (Å²) in [6.45, 7) is -3.10. The number of nitrogen functional groups attached to an aromatic ring is 1. The standard InChI is InChI=1S/C13H10BrF3N2O/c14-7-2-1-3-8(4-7)19-11-6-12(20-13(16)17)9(15)5-10(11)18/h1-6,13,19H,18H2. The predicted octanol–water partition coefficient (Wildman–Crippen LogP) is 4.52. The molecule has 2 aromatic rings. The second-order valence-electron chi connectivity index (χ2n) is 3.88. The number of alkyl halides is 2. The summed E-state index contributed by atoms with van der Waals surface area (Å²) in [5.74, 6) is -1.51. The summed E-state index contributed by atoms with van der Waals surface area (Å²) in [4.78, 5) is 0. The van der Waals surface area contributed by atoms with Gasteiger partial charge in [-0.2, -0.15) is 8.78 Å². The molecule has 0 saturated heterocycles. The van der Waals surface area contributed by atoms with Crippen molar-refractivity contribution < 1.29 is 17.9 Å². The monoisotopic (exact) mass is 346 g/mol. The molecule has 0 spiro atoms. The molecule has 0 heterocycles. The lowest BCUT2D eigenvalue weighted by molar-refractivity contribution is -0.0521. The number of nitrogens with two attached hydrogens (primary N) is 1. The van der Waals surface area contributed by atoms with E-state index in [1.165, 1.54) is 0 Å². The van der Waals surface area contributed by atoms with Gasteiger partial charge in [-0.1, -0.05) is 22.0 Å². The summed E-state index contributed by atoms with van der Waals surface area (Å²) in [7, 11) is 0. The number of hydrogen-bond donors (Lipinski definition) is 2. The van der Waals surface area contributed by atoms with Crippen molar-refractivity contribution in [3.8, 4) is 5.75 Å². The maximum atomic E-state index is 13.4. The van der Waals surface area contributed by atoms with Gasteiger partial charge in [-0.25, -0.2) is 4.39 Å². The lowest BCUT2D eigenvalue weighted by Gasteiger charge is -2.13. The topological polar surface area (TPSA) is 47.3 Å². The average molecular weight is 347 g/mol. The third-order valence-electron chi connectivity index (χ3n) is 2.42. The molecule has 0 unspecified atom stereocenters. The molecule has 0 aliphatic heterocycles. The minimum Gasteiger partial charge on any atom is -0.432 e. The average Bonchev–Trinajstić information content (AvgIpc) is 2.34. The Bertz CT molecular complexity index is 623. The Morgan fingerprint density at radius 1 is 1.20 bits per heavy atom. The third kappa shape index (κ3) is 3.57. The fraction of sp³-hybridized carbons (Fsp3) is 0.0769. The molecule has 0 saturated carbocycles. The van der Waals surface area contributed by atoms with E-state index < -0.39 is 18.2 Å². The smallest absolute Gasteiger partial charge is 0.387 e. The number of anilines is 3. The van der Waals surface area contributed by atoms with Crippen LogP contribution in [0.2, 0.25) is 0 Å². The molecule has 2 aromatic carbocycles. The van der Waals surface area contributed by atoms with Crippen LogP contribution in [-0.4, -0.2) is 6.61 Å². The molecule has 0 aromatic heterocycles. The van der Waals surface area contributed by atoms with E-state index in [0.29, 0.717) is 5.69 Å². The number of halogens is 4. The maximum Gasteiger partial charge on any atom is 0.387 e. The molecular formula is C13H10BrF3N2O. The Balaban J connectivity index is 2.31. The fourth-order valence-corrected chi connectivity index (χ4v) is 1.98. The van der Waals surface area contributed by atoms with Gasteiger partial charge in [-0.15, -0.1) is 0 Å². The molecule has 3 nitrogen and oxygen atoms in total. The van der Waals surface area contributed by atoms with E-state index in [1.54, 1.807) is 18.2 Å². The predicted molar refractivity (Wildman–Crippen MR) is 74.9 cm³/mol. The van der Waals surface area contributed by atoms with Crippen LogP contribution in [0.15, 0.2) is 40.9 Å². The van der Waals surface area contributed by atoms with Crippen LogP contribution >= 0.6 is 15.9 Å². The summed E-state index contributed by atoms with van der Waals surface area (Å²) in [5, 5.41) is 2.91. The van der Waals surface area contributed by atoms with E-state index in [0.717, 1.165) is 16.6 Å². The number of nitrogens with one attached hydrogen (secondary N) is 1. The molecule has 0 aliphatic rings. The molecule has 7 heteroatoms. The molecule has 0 bridgehead atoms. The highest BCUT2D eigenvalue weighted by Gasteiger charge is 2.13. The second kappa shape index (κ2) is 6.04. The Morgan fingerprint density at radius 3 is 2.60 bits per heavy atom. The van der Waals surface area contributed by atoms with Gasteiger partial charge in [-0.3, -0.25) is 0 Å². The number of benzene rings is 2. The van der Waals surface area contributed by atoms with Crippen LogP contribution in [0.3, 0.4) is 0 Å². The first-order valence-electron chi connectivity index (χ1n) is 5.52. The van der Waals surface area contributed by atoms with E-state index >= 15 is 0 Å². The lowest BCUT2D eigenvalue weighted by Crippen LogP contribution is -2.05. The summed E-state index contributed by atoms with van der Waals surface area (Å²) < 4.78 is 42.7. The summed E-state index contributed by atoms with van der Waals surface area (Å²) in [6.07, 6.45) is 0. The molecular weight excluding hydrogens is 337 g/mol. The van der Waals surface area contributed by atoms with Gasteiger partial charge in [0.1, 0.15) is 0 Å². The van der Waals surface area contributed by atoms with Gasteiger partial charge in [0.15, 0.2) is 11.6 Å². The largest absolute Gasteiger partial charge is 0.432 e. The van der Waals surface area contributed by atoms with Crippen LogP contribution in [0, 0.1) is 5.82 Å². The normalized spacial score (nSPS) is 10.7. The van der Waals surface area contributed by atoms with Crippen LogP contribution in [0.5, 0.6) is 5.75 Å². The van der Waals surface area contributed by atoms with E-state index in [9.17, 15) is 13.2 Å². The second-order valence-corrected chi connectivity index (χ2v) is 4.80. The van der Waals surface area contributed by atoms with Crippen molar-refractivity contribution in [2.24, 2.45) is 0 Å². The summed E-state index contributed by atoms with van der Waals surface area (Å²) in [6, 6.07) is 9.14. The zero-order valence-electron chi connectivity index (χ0n) is 10.0. The van der Waals surface area contributed by atoms with Gasteiger partial charge in [0.05, 0.1) is 11.4 Å². The highest BCUT2D eigenvalue weighted by Crippen LogP contribution is 2.31. The SMILES string of the molecule is Nc1cc(F)c(OC(F)F)cc1Nc1cccc(Br)c1. The first-order valence-corrected chi connectivity index (χ1v) is 6.31. The molecule has 0 aliphatic carbocycles. The quantitative estimate of drug-likeness (QED) is 0.800. The molecule has 2 rings (SSSR count). The maximum absolute atomic E-state index is 13.4. The minimum atomic E-state index is -3.10. The van der Waals surface area contributed by atoms with Crippen molar-refractivity contribution in [3.63, 3.8) is 0 Å². The molecule has 0 amide bonds. The summed E-state index contributed by atoms with van der Waals surface area (Å²) in [5.41, 5.74) is 6.68. The van der Waals surface area contributed by atoms with Crippen LogP contribution < -0.4 is 15.8 Å². The van der Waals surface area contributed by atoms with E-state index in [1.807, 2.05) is 6.07 Å². The van der Waals surface area contributed by atoms with Gasteiger partial charge in [0, 0.05) is 22.3 Å². The highest BCUT2D eigenvalue weighted by atomic mass is 79.9. The number of rotatable bonds is 4. The highest BCUT2D eigenvalue weighted by molar-refractivity contribution is 9.10. The Hall–Kier alpha value is -1.89.